The van der Waals surface area contributed by atoms with Gasteiger partial charge in [0.1, 0.15) is 5.75 Å². The number of imide groups is 1. The van der Waals surface area contributed by atoms with Gasteiger partial charge in [0, 0.05) is 27.7 Å². The number of amides is 2. The summed E-state index contributed by atoms with van der Waals surface area (Å²) in [6.07, 6.45) is 3.99. The van der Waals surface area contributed by atoms with Crippen molar-refractivity contribution in [2.75, 3.05) is 4.90 Å². The zero-order valence-electron chi connectivity index (χ0n) is 22.2. The maximum atomic E-state index is 14.0. The van der Waals surface area contributed by atoms with E-state index in [-0.39, 0.29) is 35.6 Å². The van der Waals surface area contributed by atoms with Crippen LogP contribution in [0.4, 0.5) is 5.69 Å². The van der Waals surface area contributed by atoms with Gasteiger partial charge < -0.3 is 5.11 Å². The molecule has 4 unspecified atom stereocenters. The van der Waals surface area contributed by atoms with E-state index >= 15 is 0 Å². The van der Waals surface area contributed by atoms with Gasteiger partial charge in [-0.3, -0.25) is 19.2 Å². The molecule has 0 radical (unpaired) electrons. The van der Waals surface area contributed by atoms with Gasteiger partial charge in [0.2, 0.25) is 11.8 Å². The van der Waals surface area contributed by atoms with Crippen molar-refractivity contribution in [2.24, 2.45) is 17.8 Å². The van der Waals surface area contributed by atoms with E-state index in [1.54, 1.807) is 39.0 Å². The number of carbonyl (C=O) groups is 4. The summed E-state index contributed by atoms with van der Waals surface area (Å²) < 4.78 is 0. The average molecular weight is 542 g/mol. The lowest BCUT2D eigenvalue weighted by molar-refractivity contribution is -0.123. The van der Waals surface area contributed by atoms with E-state index in [0.717, 1.165) is 16.7 Å². The highest BCUT2D eigenvalue weighted by Gasteiger charge is 2.56. The highest BCUT2D eigenvalue weighted by molar-refractivity contribution is 6.32. The van der Waals surface area contributed by atoms with Crippen LogP contribution in [0.5, 0.6) is 5.75 Å². The van der Waals surface area contributed by atoms with Crippen molar-refractivity contribution in [3.8, 4) is 5.75 Å². The fraction of sp³-hybridized carbons (Fsp3) is 0.312. The molecule has 4 aliphatic rings. The molecule has 198 valence electrons. The van der Waals surface area contributed by atoms with Gasteiger partial charge in [0.25, 0.3) is 0 Å². The number of phenols is 1. The van der Waals surface area contributed by atoms with Crippen molar-refractivity contribution >= 4 is 40.7 Å². The minimum absolute atomic E-state index is 0.184. The van der Waals surface area contributed by atoms with Crippen LogP contribution in [0.15, 0.2) is 64.8 Å². The smallest absolute Gasteiger partial charge is 0.238 e. The van der Waals surface area contributed by atoms with Crippen molar-refractivity contribution in [2.45, 2.75) is 46.5 Å². The zero-order valence-corrected chi connectivity index (χ0v) is 22.9. The number of halogens is 1. The summed E-state index contributed by atoms with van der Waals surface area (Å²) in [6.45, 7) is 7.09. The van der Waals surface area contributed by atoms with Crippen LogP contribution in [0.2, 0.25) is 5.02 Å². The van der Waals surface area contributed by atoms with Gasteiger partial charge in [-0.05, 0) is 86.9 Å². The van der Waals surface area contributed by atoms with E-state index in [9.17, 15) is 24.3 Å². The van der Waals surface area contributed by atoms with Crippen molar-refractivity contribution in [3.05, 3.63) is 92.1 Å². The Balaban J connectivity index is 1.50. The molecule has 0 aromatic heterocycles. The summed E-state index contributed by atoms with van der Waals surface area (Å²) in [5, 5.41) is 10.9. The number of nitrogens with zero attached hydrogens (tertiary/aromatic N) is 1. The fourth-order valence-corrected chi connectivity index (χ4v) is 7.07. The molecule has 3 aliphatic carbocycles. The molecular formula is C32H28ClNO5. The van der Waals surface area contributed by atoms with Gasteiger partial charge in [-0.15, -0.1) is 0 Å². The topological polar surface area (TPSA) is 91.8 Å². The molecule has 1 fully saturated rings. The number of fused-ring (bicyclic) bond motifs is 3. The molecule has 1 heterocycles. The molecular weight excluding hydrogens is 514 g/mol. The number of benzene rings is 2. The summed E-state index contributed by atoms with van der Waals surface area (Å²) in [4.78, 5) is 55.7. The standard InChI is InChI=1S/C32H28ClNO5/c1-14-5-6-19(12-24(14)33)34-31(38)21-8-7-20-22(27(21)32(34)39)13-23-28(25(35)11-17(4)30(23)37)26(20)18-9-15(2)29(36)16(3)10-18/h5-7,9-12,21-22,26-27,36H,8,13H2,1-4H3. The number of Topliss-reactive ketones (excluding diaryl/α,β-unsaturated/α-hetero) is 1. The molecule has 4 atom stereocenters. The Hall–Kier alpha value is -3.77. The van der Waals surface area contributed by atoms with Gasteiger partial charge in [0.15, 0.2) is 11.6 Å². The van der Waals surface area contributed by atoms with Crippen LogP contribution in [0.25, 0.3) is 0 Å². The van der Waals surface area contributed by atoms with Crippen LogP contribution in [-0.4, -0.2) is 28.5 Å². The van der Waals surface area contributed by atoms with Crippen LogP contribution in [0.3, 0.4) is 0 Å². The monoisotopic (exact) mass is 541 g/mol. The SMILES string of the molecule is CC1=CC(=O)C2=C(CC3C(=CCC4C(=O)N(c5ccc(C)c(Cl)c5)C(=O)C43)C2c2cc(C)c(O)c(C)c2)C1=O. The van der Waals surface area contributed by atoms with Crippen molar-refractivity contribution in [1.29, 1.82) is 0 Å². The molecule has 0 bridgehead atoms. The summed E-state index contributed by atoms with van der Waals surface area (Å²) in [5.41, 5.74) is 5.54. The van der Waals surface area contributed by atoms with Crippen LogP contribution >= 0.6 is 11.6 Å². The van der Waals surface area contributed by atoms with Gasteiger partial charge in [-0.1, -0.05) is 41.4 Å². The number of hydrogen-bond donors (Lipinski definition) is 1. The van der Waals surface area contributed by atoms with Crippen molar-refractivity contribution in [3.63, 3.8) is 0 Å². The first-order valence-electron chi connectivity index (χ1n) is 13.1. The molecule has 2 amide bonds. The van der Waals surface area contributed by atoms with Crippen LogP contribution in [-0.2, 0) is 19.2 Å². The number of ketones is 2. The van der Waals surface area contributed by atoms with E-state index in [4.69, 9.17) is 11.6 Å². The van der Waals surface area contributed by atoms with E-state index < -0.39 is 23.7 Å². The predicted octanol–water partition coefficient (Wildman–Crippen LogP) is 5.60. The zero-order chi connectivity index (χ0) is 27.9. The Morgan fingerprint density at radius 2 is 1.59 bits per heavy atom. The molecule has 6 rings (SSSR count). The number of phenolic OH excluding ortho intramolecular Hbond substituents is 1. The Bertz CT molecular complexity index is 1600. The number of aromatic hydroxyl groups is 1. The molecule has 2 aromatic carbocycles. The lowest BCUT2D eigenvalue weighted by Crippen LogP contribution is -2.39. The number of rotatable bonds is 2. The van der Waals surface area contributed by atoms with Crippen molar-refractivity contribution < 1.29 is 24.3 Å². The second-order valence-electron chi connectivity index (χ2n) is 11.2. The number of anilines is 1. The molecule has 2 aromatic rings. The minimum Gasteiger partial charge on any atom is -0.507 e. The molecule has 7 heteroatoms. The Morgan fingerprint density at radius 1 is 0.897 bits per heavy atom. The van der Waals surface area contributed by atoms with E-state index in [1.165, 1.54) is 11.0 Å². The van der Waals surface area contributed by atoms with Crippen LogP contribution < -0.4 is 4.90 Å². The summed E-state index contributed by atoms with van der Waals surface area (Å²) in [7, 11) is 0. The van der Waals surface area contributed by atoms with Crippen LogP contribution in [0.1, 0.15) is 47.9 Å². The number of allylic oxidation sites excluding steroid dienone is 6. The third kappa shape index (κ3) is 3.69. The first-order chi connectivity index (χ1) is 18.5. The normalized spacial score (nSPS) is 26.3. The second kappa shape index (κ2) is 8.88. The molecule has 39 heavy (non-hydrogen) atoms. The third-order valence-corrected chi connectivity index (χ3v) is 9.23. The molecule has 1 aliphatic heterocycles. The summed E-state index contributed by atoms with van der Waals surface area (Å²) in [5.74, 6) is -2.94. The fourth-order valence-electron chi connectivity index (χ4n) is 6.89. The highest BCUT2D eigenvalue weighted by Crippen LogP contribution is 2.55. The van der Waals surface area contributed by atoms with E-state index in [0.29, 0.717) is 45.0 Å². The molecule has 1 N–H and O–H groups in total. The van der Waals surface area contributed by atoms with E-state index in [2.05, 4.69) is 0 Å². The molecule has 1 saturated heterocycles. The van der Waals surface area contributed by atoms with Gasteiger partial charge in [0.05, 0.1) is 17.5 Å². The number of hydrogen-bond acceptors (Lipinski definition) is 5. The Labute approximate surface area is 231 Å². The first kappa shape index (κ1) is 25.5. The maximum absolute atomic E-state index is 14.0. The van der Waals surface area contributed by atoms with Gasteiger partial charge in [-0.2, -0.15) is 0 Å². The van der Waals surface area contributed by atoms with Gasteiger partial charge in [-0.25, -0.2) is 4.90 Å². The lowest BCUT2D eigenvalue weighted by atomic mass is 9.59. The predicted molar refractivity (Wildman–Crippen MR) is 148 cm³/mol. The van der Waals surface area contributed by atoms with Gasteiger partial charge >= 0.3 is 0 Å². The Morgan fingerprint density at radius 3 is 2.26 bits per heavy atom. The lowest BCUT2D eigenvalue weighted by Gasteiger charge is -2.42. The quantitative estimate of drug-likeness (QED) is 0.303. The van der Waals surface area contributed by atoms with E-state index in [1.807, 2.05) is 25.1 Å². The number of aryl methyl sites for hydroxylation is 3. The Kier molecular flexibility index (Phi) is 5.81. The number of carbonyl (C=O) groups excluding carboxylic acids is 4. The minimum atomic E-state index is -0.650. The average Bonchev–Trinajstić information content (AvgIpc) is 3.15. The third-order valence-electron chi connectivity index (χ3n) is 8.82. The highest BCUT2D eigenvalue weighted by atomic mass is 35.5. The van der Waals surface area contributed by atoms with Crippen LogP contribution in [0, 0.1) is 38.5 Å². The molecule has 0 spiro atoms. The summed E-state index contributed by atoms with van der Waals surface area (Å²) in [6, 6.07) is 8.85. The first-order valence-corrected chi connectivity index (χ1v) is 13.5. The summed E-state index contributed by atoms with van der Waals surface area (Å²) >= 11 is 6.34. The van der Waals surface area contributed by atoms with Crippen molar-refractivity contribution in [1.82, 2.24) is 0 Å². The second-order valence-corrected chi connectivity index (χ2v) is 11.6. The molecule has 0 saturated carbocycles. The molecule has 6 nitrogen and oxygen atoms in total. The maximum Gasteiger partial charge on any atom is 0.238 e. The largest absolute Gasteiger partial charge is 0.507 e.